The Balaban J connectivity index is 1.54. The van der Waals surface area contributed by atoms with E-state index < -0.39 is 0 Å². The van der Waals surface area contributed by atoms with Gasteiger partial charge < -0.3 is 11.1 Å². The average Bonchev–Trinajstić information content (AvgIpc) is 2.91. The number of nitrogens with one attached hydrogen (secondary N) is 2. The topological polar surface area (TPSA) is 127 Å². The fourth-order valence-corrected chi connectivity index (χ4v) is 4.12. The first-order chi connectivity index (χ1) is 12.2. The summed E-state index contributed by atoms with van der Waals surface area (Å²) in [7, 11) is 0. The lowest BCUT2D eigenvalue weighted by molar-refractivity contribution is -0.117. The maximum absolute atomic E-state index is 11.9. The van der Waals surface area contributed by atoms with Gasteiger partial charge in [-0.2, -0.15) is 5.10 Å². The van der Waals surface area contributed by atoms with E-state index in [4.69, 9.17) is 5.73 Å². The van der Waals surface area contributed by atoms with Crippen LogP contribution in [0.25, 0.3) is 26.9 Å². The summed E-state index contributed by atoms with van der Waals surface area (Å²) in [6, 6.07) is 0. The van der Waals surface area contributed by atoms with Gasteiger partial charge in [0.25, 0.3) is 0 Å². The van der Waals surface area contributed by atoms with Crippen LogP contribution >= 0.6 is 22.7 Å². The van der Waals surface area contributed by atoms with Crippen molar-refractivity contribution in [1.82, 2.24) is 29.7 Å². The van der Waals surface area contributed by atoms with Gasteiger partial charge in [-0.15, -0.1) is 11.3 Å². The molecule has 0 bridgehead atoms. The normalized spacial score (nSPS) is 14.2. The highest BCUT2D eigenvalue weighted by molar-refractivity contribution is 7.22. The molecule has 4 N–H and O–H groups in total. The van der Waals surface area contributed by atoms with Crippen LogP contribution in [-0.2, 0) is 4.79 Å². The van der Waals surface area contributed by atoms with Crippen molar-refractivity contribution in [3.63, 3.8) is 0 Å². The Hall–Kier alpha value is -2.79. The van der Waals surface area contributed by atoms with E-state index in [1.54, 1.807) is 17.9 Å². The average molecular weight is 372 g/mol. The number of nitrogens with zero attached hydrogens (tertiary/aromatic N) is 5. The molecule has 1 aliphatic rings. The number of nitrogens with two attached hydrogens (primary N) is 1. The largest absolute Gasteiger partial charge is 0.383 e. The van der Waals surface area contributed by atoms with Gasteiger partial charge in [-0.3, -0.25) is 14.5 Å². The number of carbonyl (C=O) groups excluding carboxylic acids is 1. The molecule has 0 atom stereocenters. The number of imidazole rings is 1. The fourth-order valence-electron chi connectivity index (χ4n) is 2.50. The highest BCUT2D eigenvalue weighted by Gasteiger charge is 2.30. The van der Waals surface area contributed by atoms with E-state index in [0.717, 1.165) is 28.2 Å². The molecule has 126 valence electrons. The number of anilines is 2. The lowest BCUT2D eigenvalue weighted by atomic mass is 10.4. The SMILES string of the molecule is Nc1csc(-c2cncn2-c2n[nH]c3nc(NC(=O)C4CC4)sc23)n1. The zero-order valence-electron chi connectivity index (χ0n) is 12.8. The molecule has 11 heteroatoms. The third kappa shape index (κ3) is 2.48. The van der Waals surface area contributed by atoms with Gasteiger partial charge in [0.05, 0.1) is 6.20 Å². The third-order valence-corrected chi connectivity index (χ3v) is 5.73. The van der Waals surface area contributed by atoms with Gasteiger partial charge in [0.1, 0.15) is 27.5 Å². The minimum Gasteiger partial charge on any atom is -0.383 e. The van der Waals surface area contributed by atoms with Crippen molar-refractivity contribution >= 4 is 49.9 Å². The summed E-state index contributed by atoms with van der Waals surface area (Å²) in [4.78, 5) is 24.8. The number of rotatable bonds is 4. The van der Waals surface area contributed by atoms with E-state index in [-0.39, 0.29) is 11.8 Å². The zero-order chi connectivity index (χ0) is 17.0. The van der Waals surface area contributed by atoms with E-state index in [0.29, 0.717) is 22.4 Å². The molecule has 0 radical (unpaired) electrons. The first-order valence-corrected chi connectivity index (χ1v) is 9.28. The van der Waals surface area contributed by atoms with Gasteiger partial charge in [-0.05, 0) is 12.8 Å². The maximum atomic E-state index is 11.9. The number of fused-ring (bicyclic) bond motifs is 1. The molecule has 4 aromatic rings. The van der Waals surface area contributed by atoms with Crippen molar-refractivity contribution in [1.29, 1.82) is 0 Å². The minimum atomic E-state index is 0.0347. The summed E-state index contributed by atoms with van der Waals surface area (Å²) < 4.78 is 2.68. The molecule has 0 aromatic carbocycles. The van der Waals surface area contributed by atoms with Crippen molar-refractivity contribution < 1.29 is 4.79 Å². The second-order valence-electron chi connectivity index (χ2n) is 5.73. The first-order valence-electron chi connectivity index (χ1n) is 7.59. The summed E-state index contributed by atoms with van der Waals surface area (Å²) in [5.41, 5.74) is 7.15. The van der Waals surface area contributed by atoms with Gasteiger partial charge >= 0.3 is 0 Å². The van der Waals surface area contributed by atoms with Crippen molar-refractivity contribution in [3.8, 4) is 16.5 Å². The monoisotopic (exact) mass is 372 g/mol. The van der Waals surface area contributed by atoms with Crippen LogP contribution in [0.4, 0.5) is 10.9 Å². The van der Waals surface area contributed by atoms with E-state index in [9.17, 15) is 4.79 Å². The van der Waals surface area contributed by atoms with E-state index >= 15 is 0 Å². The number of aromatic amines is 1. The van der Waals surface area contributed by atoms with E-state index in [2.05, 4.69) is 30.5 Å². The number of carbonyl (C=O) groups is 1. The van der Waals surface area contributed by atoms with Gasteiger partial charge in [0.15, 0.2) is 16.6 Å². The van der Waals surface area contributed by atoms with Crippen LogP contribution in [0.3, 0.4) is 0 Å². The van der Waals surface area contributed by atoms with Crippen LogP contribution in [-0.4, -0.2) is 35.6 Å². The molecule has 25 heavy (non-hydrogen) atoms. The summed E-state index contributed by atoms with van der Waals surface area (Å²) in [5, 5.41) is 13.2. The zero-order valence-corrected chi connectivity index (χ0v) is 14.4. The van der Waals surface area contributed by atoms with Crippen molar-refractivity contribution in [2.24, 2.45) is 5.92 Å². The van der Waals surface area contributed by atoms with Crippen molar-refractivity contribution in [3.05, 3.63) is 17.9 Å². The molecule has 9 nitrogen and oxygen atoms in total. The first kappa shape index (κ1) is 14.5. The molecule has 0 saturated heterocycles. The predicted molar refractivity (Wildman–Crippen MR) is 95.8 cm³/mol. The standard InChI is InChI=1S/C14H12N8OS2/c15-8-4-24-13(17-8)7-3-16-5-22(7)11-9-10(20-21-11)18-14(25-9)19-12(23)6-1-2-6/h3-6H,1-2,15H2,(H2,18,19,20,21,23). The molecule has 0 unspecified atom stereocenters. The Bertz CT molecular complexity index is 1090. The molecule has 5 rings (SSSR count). The Labute approximate surface area is 148 Å². The predicted octanol–water partition coefficient (Wildman–Crippen LogP) is 2.26. The lowest BCUT2D eigenvalue weighted by Crippen LogP contribution is -2.12. The van der Waals surface area contributed by atoms with Gasteiger partial charge in [-0.25, -0.2) is 15.0 Å². The number of amides is 1. The maximum Gasteiger partial charge on any atom is 0.229 e. The molecule has 1 amide bonds. The molecule has 0 aliphatic heterocycles. The number of hydrogen-bond donors (Lipinski definition) is 3. The molecular weight excluding hydrogens is 360 g/mol. The molecule has 0 spiro atoms. The number of thiazole rings is 2. The molecule has 1 saturated carbocycles. The highest BCUT2D eigenvalue weighted by Crippen LogP contribution is 2.35. The van der Waals surface area contributed by atoms with E-state index in [1.165, 1.54) is 22.7 Å². The van der Waals surface area contributed by atoms with Crippen LogP contribution in [0.15, 0.2) is 17.9 Å². The molecular formula is C14H12N8OS2. The van der Waals surface area contributed by atoms with Crippen LogP contribution in [0.2, 0.25) is 0 Å². The van der Waals surface area contributed by atoms with Crippen LogP contribution in [0, 0.1) is 5.92 Å². The Morgan fingerprint density at radius 3 is 3.04 bits per heavy atom. The van der Waals surface area contributed by atoms with Gasteiger partial charge in [0.2, 0.25) is 5.91 Å². The summed E-state index contributed by atoms with van der Waals surface area (Å²) in [6.07, 6.45) is 5.30. The summed E-state index contributed by atoms with van der Waals surface area (Å²) >= 11 is 2.83. The van der Waals surface area contributed by atoms with Gasteiger partial charge in [0, 0.05) is 11.3 Å². The molecule has 4 heterocycles. The van der Waals surface area contributed by atoms with Crippen molar-refractivity contribution in [2.45, 2.75) is 12.8 Å². The van der Waals surface area contributed by atoms with Crippen molar-refractivity contribution in [2.75, 3.05) is 11.1 Å². The number of nitrogen functional groups attached to an aromatic ring is 1. The Kier molecular flexibility index (Phi) is 3.12. The second-order valence-corrected chi connectivity index (χ2v) is 7.59. The fraction of sp³-hybridized carbons (Fsp3) is 0.214. The summed E-state index contributed by atoms with van der Waals surface area (Å²) in [6.45, 7) is 0. The summed E-state index contributed by atoms with van der Waals surface area (Å²) in [5.74, 6) is 1.31. The van der Waals surface area contributed by atoms with Crippen LogP contribution < -0.4 is 11.1 Å². The number of H-pyrrole nitrogens is 1. The number of hydrogen-bond acceptors (Lipinski definition) is 8. The highest BCUT2D eigenvalue weighted by atomic mass is 32.1. The van der Waals surface area contributed by atoms with Crippen LogP contribution in [0.5, 0.6) is 0 Å². The quantitative estimate of drug-likeness (QED) is 0.504. The second kappa shape index (κ2) is 5.36. The van der Waals surface area contributed by atoms with Gasteiger partial charge in [-0.1, -0.05) is 11.3 Å². The minimum absolute atomic E-state index is 0.0347. The molecule has 4 aromatic heterocycles. The lowest BCUT2D eigenvalue weighted by Gasteiger charge is -2.01. The molecule has 1 fully saturated rings. The van der Waals surface area contributed by atoms with E-state index in [1.807, 2.05) is 4.57 Å². The molecule has 1 aliphatic carbocycles. The van der Waals surface area contributed by atoms with Crippen LogP contribution in [0.1, 0.15) is 12.8 Å². The Morgan fingerprint density at radius 1 is 1.40 bits per heavy atom. The Morgan fingerprint density at radius 2 is 2.28 bits per heavy atom. The smallest absolute Gasteiger partial charge is 0.229 e. The number of aromatic nitrogens is 6. The third-order valence-electron chi connectivity index (χ3n) is 3.88.